The molecule has 1 aromatic rings. The van der Waals surface area contributed by atoms with Crippen molar-refractivity contribution in [3.05, 3.63) is 29.8 Å². The van der Waals surface area contributed by atoms with Crippen molar-refractivity contribution in [3.63, 3.8) is 0 Å². The van der Waals surface area contributed by atoms with E-state index in [1.807, 2.05) is 18.2 Å². The van der Waals surface area contributed by atoms with Gasteiger partial charge in [0.05, 0.1) is 6.07 Å². The predicted molar refractivity (Wildman–Crippen MR) is 78.5 cm³/mol. The molecule has 3 heteroatoms. The van der Waals surface area contributed by atoms with Crippen molar-refractivity contribution in [3.8, 4) is 11.8 Å². The van der Waals surface area contributed by atoms with Crippen molar-refractivity contribution < 1.29 is 4.74 Å². The molecule has 0 aliphatic carbocycles. The molecule has 3 nitrogen and oxygen atoms in total. The molecule has 0 bridgehead atoms. The lowest BCUT2D eigenvalue weighted by Crippen LogP contribution is -2.55. The molecule has 1 saturated heterocycles. The lowest BCUT2D eigenvalue weighted by molar-refractivity contribution is -0.00859. The van der Waals surface area contributed by atoms with E-state index < -0.39 is 5.54 Å². The van der Waals surface area contributed by atoms with Gasteiger partial charge < -0.3 is 4.74 Å². The number of fused-ring (bicyclic) bond motifs is 1. The highest BCUT2D eigenvalue weighted by molar-refractivity contribution is 5.46. The molecule has 20 heavy (non-hydrogen) atoms. The zero-order valence-electron chi connectivity index (χ0n) is 12.4. The molecule has 106 valence electrons. The monoisotopic (exact) mass is 270 g/mol. The number of piperidine rings is 1. The van der Waals surface area contributed by atoms with Gasteiger partial charge in [-0.05, 0) is 45.8 Å². The van der Waals surface area contributed by atoms with Crippen molar-refractivity contribution in [1.82, 2.24) is 4.90 Å². The van der Waals surface area contributed by atoms with E-state index in [9.17, 15) is 5.26 Å². The summed E-state index contributed by atoms with van der Waals surface area (Å²) in [5.74, 6) is 0.871. The fourth-order valence-electron chi connectivity index (χ4n) is 3.67. The first-order valence-corrected chi connectivity index (χ1v) is 7.52. The lowest BCUT2D eigenvalue weighted by atomic mass is 9.76. The van der Waals surface area contributed by atoms with E-state index in [1.165, 1.54) is 19.3 Å². The van der Waals surface area contributed by atoms with Gasteiger partial charge in [0, 0.05) is 12.0 Å². The number of likely N-dealkylation sites (tertiary alicyclic amines) is 1. The zero-order valence-corrected chi connectivity index (χ0v) is 12.4. The van der Waals surface area contributed by atoms with Gasteiger partial charge in [0.15, 0.2) is 0 Å². The Labute approximate surface area is 121 Å². The van der Waals surface area contributed by atoms with Crippen LogP contribution >= 0.6 is 0 Å². The van der Waals surface area contributed by atoms with Gasteiger partial charge in [-0.15, -0.1) is 0 Å². The zero-order chi connectivity index (χ0) is 14.2. The number of nitrogens with zero attached hydrogens (tertiary/aromatic N) is 2. The topological polar surface area (TPSA) is 36.3 Å². The molecule has 0 radical (unpaired) electrons. The molecule has 1 aromatic carbocycles. The number of benzene rings is 1. The second-order valence-corrected chi connectivity index (χ2v) is 6.55. The third-order valence-corrected chi connectivity index (χ3v) is 4.48. The summed E-state index contributed by atoms with van der Waals surface area (Å²) in [6, 6.07) is 10.7. The Hall–Kier alpha value is -1.53. The fraction of sp³-hybridized carbons (Fsp3) is 0.588. The Kier molecular flexibility index (Phi) is 3.22. The molecule has 2 aliphatic heterocycles. The van der Waals surface area contributed by atoms with Crippen LogP contribution in [0.15, 0.2) is 24.3 Å². The van der Waals surface area contributed by atoms with Crippen molar-refractivity contribution >= 4 is 0 Å². The number of rotatable bonds is 1. The van der Waals surface area contributed by atoms with Gasteiger partial charge in [-0.3, -0.25) is 4.90 Å². The number of hydrogen-bond donors (Lipinski definition) is 0. The Morgan fingerprint density at radius 1 is 1.15 bits per heavy atom. The molecule has 0 N–H and O–H groups in total. The van der Waals surface area contributed by atoms with Crippen LogP contribution in [-0.4, -0.2) is 23.6 Å². The molecule has 2 heterocycles. The first-order chi connectivity index (χ1) is 9.57. The van der Waals surface area contributed by atoms with Crippen LogP contribution in [0.3, 0.4) is 0 Å². The quantitative estimate of drug-likeness (QED) is 0.784. The summed E-state index contributed by atoms with van der Waals surface area (Å²) in [7, 11) is 0. The number of para-hydroxylation sites is 1. The third-order valence-electron chi connectivity index (χ3n) is 4.48. The molecule has 0 saturated carbocycles. The van der Waals surface area contributed by atoms with E-state index in [-0.39, 0.29) is 5.60 Å². The normalized spacial score (nSPS) is 29.1. The first kappa shape index (κ1) is 13.5. The number of nitriles is 1. The van der Waals surface area contributed by atoms with Gasteiger partial charge >= 0.3 is 0 Å². The van der Waals surface area contributed by atoms with E-state index in [2.05, 4.69) is 30.9 Å². The van der Waals surface area contributed by atoms with Crippen LogP contribution in [0.1, 0.15) is 45.1 Å². The van der Waals surface area contributed by atoms with Crippen molar-refractivity contribution in [2.75, 3.05) is 13.1 Å². The van der Waals surface area contributed by atoms with E-state index in [0.717, 1.165) is 30.8 Å². The molecule has 3 rings (SSSR count). The highest BCUT2D eigenvalue weighted by Crippen LogP contribution is 2.47. The summed E-state index contributed by atoms with van der Waals surface area (Å²) >= 11 is 0. The SMILES string of the molecule is CC1(C)CC(C#N)(N2CCCCC2)c2ccccc2O1. The molecule has 1 atom stereocenters. The van der Waals surface area contributed by atoms with Crippen LogP contribution in [0.4, 0.5) is 0 Å². The maximum absolute atomic E-state index is 10.0. The standard InChI is InChI=1S/C17H22N2O/c1-16(2)12-17(13-18,19-10-6-3-7-11-19)14-8-4-5-9-15(14)20-16/h4-5,8-9H,3,6-7,10-12H2,1-2H3. The van der Waals surface area contributed by atoms with Crippen LogP contribution in [0.5, 0.6) is 5.75 Å². The minimum absolute atomic E-state index is 0.304. The van der Waals surface area contributed by atoms with E-state index >= 15 is 0 Å². The van der Waals surface area contributed by atoms with Crippen LogP contribution in [-0.2, 0) is 5.54 Å². The van der Waals surface area contributed by atoms with Crippen LogP contribution in [0.25, 0.3) is 0 Å². The van der Waals surface area contributed by atoms with Crippen LogP contribution in [0, 0.1) is 11.3 Å². The average molecular weight is 270 g/mol. The Balaban J connectivity index is 2.11. The van der Waals surface area contributed by atoms with Crippen LogP contribution in [0.2, 0.25) is 0 Å². The van der Waals surface area contributed by atoms with Gasteiger partial charge in [-0.2, -0.15) is 5.26 Å². The van der Waals surface area contributed by atoms with E-state index in [0.29, 0.717) is 0 Å². The maximum Gasteiger partial charge on any atom is 0.142 e. The molecule has 1 fully saturated rings. The molecule has 0 aromatic heterocycles. The second-order valence-electron chi connectivity index (χ2n) is 6.55. The Morgan fingerprint density at radius 3 is 2.55 bits per heavy atom. The average Bonchev–Trinajstić information content (AvgIpc) is 2.46. The summed E-state index contributed by atoms with van der Waals surface area (Å²) in [5.41, 5.74) is 0.212. The summed E-state index contributed by atoms with van der Waals surface area (Å²) in [5, 5.41) is 10.0. The highest BCUT2D eigenvalue weighted by Gasteiger charge is 2.49. The van der Waals surface area contributed by atoms with Crippen molar-refractivity contribution in [2.24, 2.45) is 0 Å². The molecule has 1 unspecified atom stereocenters. The van der Waals surface area contributed by atoms with Crippen molar-refractivity contribution in [1.29, 1.82) is 5.26 Å². The largest absolute Gasteiger partial charge is 0.487 e. The van der Waals surface area contributed by atoms with Gasteiger partial charge in [0.2, 0.25) is 0 Å². The smallest absolute Gasteiger partial charge is 0.142 e. The fourth-order valence-corrected chi connectivity index (χ4v) is 3.67. The first-order valence-electron chi connectivity index (χ1n) is 7.52. The maximum atomic E-state index is 10.0. The van der Waals surface area contributed by atoms with Gasteiger partial charge in [0.25, 0.3) is 0 Å². The Bertz CT molecular complexity index is 540. The van der Waals surface area contributed by atoms with Crippen LogP contribution < -0.4 is 4.74 Å². The summed E-state index contributed by atoms with van der Waals surface area (Å²) in [4.78, 5) is 2.37. The number of hydrogen-bond acceptors (Lipinski definition) is 3. The van der Waals surface area contributed by atoms with Gasteiger partial charge in [-0.25, -0.2) is 0 Å². The lowest BCUT2D eigenvalue weighted by Gasteiger charge is -2.48. The van der Waals surface area contributed by atoms with Gasteiger partial charge in [-0.1, -0.05) is 24.6 Å². The molecule has 2 aliphatic rings. The molecular weight excluding hydrogens is 248 g/mol. The Morgan fingerprint density at radius 2 is 1.85 bits per heavy atom. The molecule has 0 amide bonds. The van der Waals surface area contributed by atoms with E-state index in [1.54, 1.807) is 0 Å². The van der Waals surface area contributed by atoms with Crippen molar-refractivity contribution in [2.45, 2.75) is 50.7 Å². The predicted octanol–water partition coefficient (Wildman–Crippen LogP) is 3.45. The minimum Gasteiger partial charge on any atom is -0.487 e. The molecule has 0 spiro atoms. The summed E-state index contributed by atoms with van der Waals surface area (Å²) in [6.45, 7) is 6.19. The summed E-state index contributed by atoms with van der Waals surface area (Å²) < 4.78 is 6.09. The second kappa shape index (κ2) is 4.79. The third kappa shape index (κ3) is 2.09. The highest BCUT2D eigenvalue weighted by atomic mass is 16.5. The minimum atomic E-state index is -0.529. The van der Waals surface area contributed by atoms with E-state index in [4.69, 9.17) is 4.74 Å². The molecular formula is C17H22N2O. The summed E-state index contributed by atoms with van der Waals surface area (Å²) in [6.07, 6.45) is 4.38. The van der Waals surface area contributed by atoms with Gasteiger partial charge in [0.1, 0.15) is 16.9 Å². The number of ether oxygens (including phenoxy) is 1.